The molecule has 1 aromatic rings. The molecule has 0 radical (unpaired) electrons. The molecule has 0 heterocycles. The topological polar surface area (TPSA) is 9.23 Å². The molecule has 1 rings (SSSR count). The van der Waals surface area contributed by atoms with Crippen molar-refractivity contribution in [3.63, 3.8) is 0 Å². The van der Waals surface area contributed by atoms with Crippen molar-refractivity contribution >= 4 is 13.6 Å². The molecular formula is C9H11BrOZn. The Kier molecular flexibility index (Phi) is 6.69. The molecule has 0 aromatic heterocycles. The molecule has 0 bridgehead atoms. The van der Waals surface area contributed by atoms with Crippen LogP contribution >= 0.6 is 13.6 Å². The van der Waals surface area contributed by atoms with Crippen LogP contribution in [-0.4, -0.2) is 7.11 Å². The number of hydrogen-bond donors (Lipinski definition) is 0. The fourth-order valence-electron chi connectivity index (χ4n) is 0.882. The van der Waals surface area contributed by atoms with Gasteiger partial charge in [0.05, 0.1) is 7.11 Å². The molecule has 0 amide bonds. The van der Waals surface area contributed by atoms with Crippen molar-refractivity contribution in [3.8, 4) is 5.75 Å². The summed E-state index contributed by atoms with van der Waals surface area (Å²) in [5.41, 5.74) is 2.32. The third-order valence-electron chi connectivity index (χ3n) is 1.69. The zero-order valence-electron chi connectivity index (χ0n) is 7.65. The van der Waals surface area contributed by atoms with Gasteiger partial charge in [0, 0.05) is 5.75 Å². The molecule has 0 fully saturated rings. The second kappa shape index (κ2) is 6.62. The summed E-state index contributed by atoms with van der Waals surface area (Å²) in [5, 5.41) is 0. The van der Waals surface area contributed by atoms with Crippen LogP contribution in [0.4, 0.5) is 0 Å². The van der Waals surface area contributed by atoms with Gasteiger partial charge in [0.1, 0.15) is 0 Å². The van der Waals surface area contributed by atoms with Gasteiger partial charge >= 0.3 is 30.0 Å². The van der Waals surface area contributed by atoms with Crippen LogP contribution in [0, 0.1) is 19.9 Å². The van der Waals surface area contributed by atoms with E-state index in [0.717, 1.165) is 11.3 Å². The predicted molar refractivity (Wildman–Crippen MR) is 50.2 cm³/mol. The molecule has 0 unspecified atom stereocenters. The summed E-state index contributed by atoms with van der Waals surface area (Å²) >= 11 is 4.25. The van der Waals surface area contributed by atoms with Crippen LogP contribution in [0.5, 0.6) is 5.75 Å². The van der Waals surface area contributed by atoms with Crippen molar-refractivity contribution in [2.24, 2.45) is 0 Å². The van der Waals surface area contributed by atoms with Crippen LogP contribution < -0.4 is 4.74 Å². The summed E-state index contributed by atoms with van der Waals surface area (Å²) in [6.45, 7) is 4.06. The zero-order chi connectivity index (χ0) is 9.56. The summed E-state index contributed by atoms with van der Waals surface area (Å²) in [7, 11) is 1.68. The van der Waals surface area contributed by atoms with Crippen LogP contribution in [0.2, 0.25) is 0 Å². The van der Waals surface area contributed by atoms with E-state index in [0.29, 0.717) is 0 Å². The molecular weight excluding hydrogens is 269 g/mol. The molecule has 0 aliphatic heterocycles. The van der Waals surface area contributed by atoms with Crippen molar-refractivity contribution in [2.75, 3.05) is 7.11 Å². The van der Waals surface area contributed by atoms with Crippen LogP contribution in [0.15, 0.2) is 12.1 Å². The normalized spacial score (nSPS) is 8.50. The number of hydrogen-bond acceptors (Lipinski definition) is 1. The van der Waals surface area contributed by atoms with Gasteiger partial charge in [0.2, 0.25) is 0 Å². The van der Waals surface area contributed by atoms with E-state index in [2.05, 4.69) is 19.7 Å². The first-order chi connectivity index (χ1) is 5.75. The maximum atomic E-state index is 5.11. The average molecular weight is 280 g/mol. The molecule has 0 spiro atoms. The van der Waals surface area contributed by atoms with Gasteiger partial charge in [0.15, 0.2) is 0 Å². The second-order valence-corrected chi connectivity index (χ2v) is 2.30. The maximum absolute atomic E-state index is 5.11. The Morgan fingerprint density at radius 2 is 2.00 bits per heavy atom. The number of methoxy groups -OCH3 is 1. The fraction of sp³-hybridized carbons (Fsp3) is 0.333. The van der Waals surface area contributed by atoms with Crippen LogP contribution in [0.25, 0.3) is 0 Å². The first-order valence-electron chi connectivity index (χ1n) is 3.54. The van der Waals surface area contributed by atoms with Crippen molar-refractivity contribution < 1.29 is 21.1 Å². The van der Waals surface area contributed by atoms with Crippen LogP contribution in [-0.2, 0) is 16.3 Å². The molecule has 0 aliphatic carbocycles. The molecule has 12 heavy (non-hydrogen) atoms. The molecule has 0 saturated heterocycles. The summed E-state index contributed by atoms with van der Waals surface area (Å²) in [6.07, 6.45) is 0. The van der Waals surface area contributed by atoms with Gasteiger partial charge in [-0.3, -0.25) is 0 Å². The Balaban J connectivity index is 0.000000561. The van der Waals surface area contributed by atoms with Gasteiger partial charge in [-0.2, -0.15) is 17.7 Å². The van der Waals surface area contributed by atoms with Gasteiger partial charge < -0.3 is 4.74 Å². The van der Waals surface area contributed by atoms with Crippen LogP contribution in [0.1, 0.15) is 11.1 Å². The van der Waals surface area contributed by atoms with E-state index < -0.39 is 0 Å². The summed E-state index contributed by atoms with van der Waals surface area (Å²) in [5.74, 6) is 0.941. The molecule has 3 heteroatoms. The van der Waals surface area contributed by atoms with Crippen LogP contribution in [0.3, 0.4) is 0 Å². The van der Waals surface area contributed by atoms with Crippen molar-refractivity contribution in [2.45, 2.75) is 13.8 Å². The molecule has 0 aliphatic rings. The average Bonchev–Trinajstić information content (AvgIpc) is 2.13. The first-order valence-corrected chi connectivity index (χ1v) is 10.5. The monoisotopic (exact) mass is 278 g/mol. The van der Waals surface area contributed by atoms with Gasteiger partial charge in [-0.15, -0.1) is 11.6 Å². The Morgan fingerprint density at radius 1 is 1.42 bits per heavy atom. The Bertz CT molecular complexity index is 238. The van der Waals surface area contributed by atoms with E-state index in [9.17, 15) is 0 Å². The summed E-state index contributed by atoms with van der Waals surface area (Å²) in [4.78, 5) is 0. The Morgan fingerprint density at radius 3 is 2.42 bits per heavy atom. The van der Waals surface area contributed by atoms with E-state index in [4.69, 9.17) is 4.74 Å². The number of ether oxygens (including phenoxy) is 1. The third kappa shape index (κ3) is 3.24. The standard InChI is InChI=1S/C9H11O.BrH.Zn/c1-7-5-4-6-9(10-3)8(7)2;;/h4,6H,1-3H3;1H;/q-1;;+2/p-1. The van der Waals surface area contributed by atoms with Gasteiger partial charge in [-0.1, -0.05) is 13.8 Å². The van der Waals surface area contributed by atoms with Gasteiger partial charge in [-0.05, 0) is 0 Å². The van der Waals surface area contributed by atoms with Crippen molar-refractivity contribution in [1.82, 2.24) is 0 Å². The molecule has 0 saturated carbocycles. The zero-order valence-corrected chi connectivity index (χ0v) is 12.2. The third-order valence-corrected chi connectivity index (χ3v) is 1.69. The number of halogens is 1. The molecule has 1 nitrogen and oxygen atoms in total. The molecule has 62 valence electrons. The van der Waals surface area contributed by atoms with E-state index in [1.165, 1.54) is 21.9 Å². The Labute approximate surface area is 90.5 Å². The fourth-order valence-corrected chi connectivity index (χ4v) is 0.882. The molecule has 0 atom stereocenters. The molecule has 0 N–H and O–H groups in total. The van der Waals surface area contributed by atoms with Gasteiger partial charge in [0.25, 0.3) is 0 Å². The number of benzene rings is 1. The molecule has 1 aromatic carbocycles. The van der Waals surface area contributed by atoms with E-state index in [1.54, 1.807) is 7.11 Å². The number of aryl methyl sites for hydroxylation is 1. The van der Waals surface area contributed by atoms with Crippen molar-refractivity contribution in [1.29, 1.82) is 0 Å². The quantitative estimate of drug-likeness (QED) is 0.568. The SMILES string of the molecule is COc1cc[c-]c(C)c1C.[Zn+][Br]. The van der Waals surface area contributed by atoms with Crippen molar-refractivity contribution in [3.05, 3.63) is 29.3 Å². The summed E-state index contributed by atoms with van der Waals surface area (Å²) < 4.78 is 5.11. The van der Waals surface area contributed by atoms with E-state index >= 15 is 0 Å². The first kappa shape index (κ1) is 12.1. The minimum absolute atomic E-state index is 0.941. The number of rotatable bonds is 1. The van der Waals surface area contributed by atoms with E-state index in [-0.39, 0.29) is 0 Å². The minimum atomic E-state index is 0.941. The van der Waals surface area contributed by atoms with E-state index in [1.807, 2.05) is 26.0 Å². The summed E-state index contributed by atoms with van der Waals surface area (Å²) in [6, 6.07) is 6.89. The predicted octanol–water partition coefficient (Wildman–Crippen LogP) is 2.96. The van der Waals surface area contributed by atoms with Gasteiger partial charge in [-0.25, -0.2) is 0 Å². The second-order valence-electron chi connectivity index (χ2n) is 2.30. The Hall–Kier alpha value is 0.123.